The predicted octanol–water partition coefficient (Wildman–Crippen LogP) is 2.58. The van der Waals surface area contributed by atoms with Gasteiger partial charge < -0.3 is 14.2 Å². The summed E-state index contributed by atoms with van der Waals surface area (Å²) in [5.74, 6) is 2.02. The number of furan rings is 1. The summed E-state index contributed by atoms with van der Waals surface area (Å²) in [6.07, 6.45) is 7.28. The van der Waals surface area contributed by atoms with Crippen molar-refractivity contribution < 1.29 is 9.21 Å². The number of carbonyl (C=O) groups excluding carboxylic acids is 1. The molecule has 0 saturated carbocycles. The van der Waals surface area contributed by atoms with E-state index < -0.39 is 0 Å². The van der Waals surface area contributed by atoms with E-state index in [9.17, 15) is 4.79 Å². The van der Waals surface area contributed by atoms with E-state index in [-0.39, 0.29) is 11.9 Å². The molecule has 0 radical (unpaired) electrons. The lowest BCUT2D eigenvalue weighted by Gasteiger charge is -2.34. The van der Waals surface area contributed by atoms with E-state index in [4.69, 9.17) is 4.42 Å². The summed E-state index contributed by atoms with van der Waals surface area (Å²) < 4.78 is 5.95. The third-order valence-corrected chi connectivity index (χ3v) is 5.59. The Morgan fingerprint density at radius 2 is 1.70 bits per heavy atom. The van der Waals surface area contributed by atoms with E-state index in [2.05, 4.69) is 26.7 Å². The Bertz CT molecular complexity index is 749. The molecule has 2 saturated heterocycles. The molecule has 1 atom stereocenters. The second-order valence-corrected chi connectivity index (χ2v) is 7.30. The Morgan fingerprint density at radius 1 is 1.00 bits per heavy atom. The number of anilines is 1. The smallest absolute Gasteiger partial charge is 0.289 e. The monoisotopic (exact) mass is 369 g/mol. The van der Waals surface area contributed by atoms with Crippen molar-refractivity contribution in [1.29, 1.82) is 0 Å². The number of hydrogen-bond donors (Lipinski definition) is 0. The van der Waals surface area contributed by atoms with E-state index in [1.807, 2.05) is 23.1 Å². The van der Waals surface area contributed by atoms with Gasteiger partial charge in [-0.2, -0.15) is 0 Å². The topological polar surface area (TPSA) is 65.7 Å². The lowest BCUT2D eigenvalue weighted by molar-refractivity contribution is 0.0706. The maximum atomic E-state index is 12.8. The highest BCUT2D eigenvalue weighted by Crippen LogP contribution is 2.26. The van der Waals surface area contributed by atoms with Crippen LogP contribution in [0.5, 0.6) is 0 Å². The van der Waals surface area contributed by atoms with Crippen LogP contribution in [0.4, 0.5) is 5.95 Å². The average molecular weight is 369 g/mol. The molecule has 7 heteroatoms. The normalized spacial score (nSPS) is 19.9. The van der Waals surface area contributed by atoms with Gasteiger partial charge in [-0.1, -0.05) is 6.42 Å². The van der Waals surface area contributed by atoms with Crippen molar-refractivity contribution in [2.75, 3.05) is 44.2 Å². The Kier molecular flexibility index (Phi) is 5.38. The minimum atomic E-state index is -0.0271. The number of nitrogens with zero attached hydrogens (tertiary/aromatic N) is 5. The maximum Gasteiger partial charge on any atom is 0.289 e. The van der Waals surface area contributed by atoms with E-state index >= 15 is 0 Å². The summed E-state index contributed by atoms with van der Waals surface area (Å²) in [5, 5.41) is 0. The van der Waals surface area contributed by atoms with Crippen molar-refractivity contribution in [3.8, 4) is 0 Å². The lowest BCUT2D eigenvalue weighted by Crippen LogP contribution is -2.49. The van der Waals surface area contributed by atoms with Gasteiger partial charge in [0.25, 0.3) is 5.91 Å². The molecule has 0 aliphatic carbocycles. The van der Waals surface area contributed by atoms with Gasteiger partial charge in [0.1, 0.15) is 5.76 Å². The zero-order valence-electron chi connectivity index (χ0n) is 15.9. The molecule has 27 heavy (non-hydrogen) atoms. The van der Waals surface area contributed by atoms with Crippen LogP contribution in [0, 0.1) is 0 Å². The zero-order valence-corrected chi connectivity index (χ0v) is 15.9. The summed E-state index contributed by atoms with van der Waals surface area (Å²) in [5.41, 5.74) is 0. The molecular weight excluding hydrogens is 342 g/mol. The summed E-state index contributed by atoms with van der Waals surface area (Å²) in [6, 6.07) is 5.81. The number of piperidine rings is 1. The zero-order chi connectivity index (χ0) is 18.6. The van der Waals surface area contributed by atoms with Crippen molar-refractivity contribution in [2.45, 2.75) is 32.2 Å². The first-order valence-corrected chi connectivity index (χ1v) is 9.87. The quantitative estimate of drug-likeness (QED) is 0.825. The molecule has 2 aromatic rings. The largest absolute Gasteiger partial charge is 0.454 e. The van der Waals surface area contributed by atoms with E-state index in [0.29, 0.717) is 18.8 Å². The molecule has 2 aliphatic heterocycles. The number of hydrogen-bond acceptors (Lipinski definition) is 6. The van der Waals surface area contributed by atoms with Gasteiger partial charge in [-0.05, 0) is 51.1 Å². The van der Waals surface area contributed by atoms with Gasteiger partial charge in [0.2, 0.25) is 5.95 Å². The predicted molar refractivity (Wildman–Crippen MR) is 103 cm³/mol. The standard InChI is InChI=1S/C20H27N5O2/c1-16(23-10-3-2-4-11-23)17-6-7-18(27-17)19(26)24-12-14-25(15-13-24)20-21-8-5-9-22-20/h5-9,16H,2-4,10-15H2,1H3/t16-/m0/s1. The summed E-state index contributed by atoms with van der Waals surface area (Å²) in [7, 11) is 0. The molecule has 144 valence electrons. The molecule has 0 N–H and O–H groups in total. The summed E-state index contributed by atoms with van der Waals surface area (Å²) in [6.45, 7) is 7.13. The van der Waals surface area contributed by atoms with Gasteiger partial charge >= 0.3 is 0 Å². The summed E-state index contributed by atoms with van der Waals surface area (Å²) in [4.78, 5) is 27.8. The second-order valence-electron chi connectivity index (χ2n) is 7.30. The van der Waals surface area contributed by atoms with E-state index in [0.717, 1.165) is 37.9 Å². The minimum absolute atomic E-state index is 0.0271. The maximum absolute atomic E-state index is 12.8. The van der Waals surface area contributed by atoms with Crippen LogP contribution in [-0.4, -0.2) is 64.9 Å². The van der Waals surface area contributed by atoms with Crippen LogP contribution >= 0.6 is 0 Å². The highest BCUT2D eigenvalue weighted by Gasteiger charge is 2.27. The number of rotatable bonds is 4. The fourth-order valence-electron chi connectivity index (χ4n) is 3.90. The van der Waals surface area contributed by atoms with Crippen LogP contribution in [0.25, 0.3) is 0 Å². The van der Waals surface area contributed by atoms with Crippen molar-refractivity contribution >= 4 is 11.9 Å². The Hall–Kier alpha value is -2.41. The minimum Gasteiger partial charge on any atom is -0.454 e. The van der Waals surface area contributed by atoms with Gasteiger partial charge in [0.15, 0.2) is 5.76 Å². The summed E-state index contributed by atoms with van der Waals surface area (Å²) >= 11 is 0. The van der Waals surface area contributed by atoms with Crippen molar-refractivity contribution in [3.05, 3.63) is 42.1 Å². The van der Waals surface area contributed by atoms with Crippen LogP contribution in [0.1, 0.15) is 48.5 Å². The highest BCUT2D eigenvalue weighted by molar-refractivity contribution is 5.91. The first kappa shape index (κ1) is 18.0. The molecule has 2 aliphatic rings. The Morgan fingerprint density at radius 3 is 2.41 bits per heavy atom. The molecule has 0 bridgehead atoms. The first-order chi connectivity index (χ1) is 13.2. The van der Waals surface area contributed by atoms with Gasteiger partial charge in [0.05, 0.1) is 6.04 Å². The second kappa shape index (κ2) is 8.08. The van der Waals surface area contributed by atoms with Gasteiger partial charge in [-0.25, -0.2) is 9.97 Å². The fraction of sp³-hybridized carbons (Fsp3) is 0.550. The van der Waals surface area contributed by atoms with Crippen molar-refractivity contribution in [2.24, 2.45) is 0 Å². The molecule has 1 amide bonds. The van der Waals surface area contributed by atoms with Gasteiger partial charge in [-0.15, -0.1) is 0 Å². The van der Waals surface area contributed by atoms with Gasteiger partial charge in [0, 0.05) is 38.6 Å². The van der Waals surface area contributed by atoms with Crippen LogP contribution in [-0.2, 0) is 0 Å². The third-order valence-electron chi connectivity index (χ3n) is 5.59. The molecule has 4 rings (SSSR count). The number of aromatic nitrogens is 2. The fourth-order valence-corrected chi connectivity index (χ4v) is 3.90. The third kappa shape index (κ3) is 3.98. The molecule has 4 heterocycles. The number of carbonyl (C=O) groups is 1. The molecule has 0 spiro atoms. The van der Waals surface area contributed by atoms with E-state index in [1.54, 1.807) is 12.4 Å². The van der Waals surface area contributed by atoms with Crippen molar-refractivity contribution in [1.82, 2.24) is 19.8 Å². The van der Waals surface area contributed by atoms with Crippen molar-refractivity contribution in [3.63, 3.8) is 0 Å². The molecular formula is C20H27N5O2. The molecule has 0 unspecified atom stereocenters. The van der Waals surface area contributed by atoms with Crippen LogP contribution in [0.2, 0.25) is 0 Å². The lowest BCUT2D eigenvalue weighted by atomic mass is 10.1. The average Bonchev–Trinajstić information content (AvgIpc) is 3.24. The first-order valence-electron chi connectivity index (χ1n) is 9.87. The van der Waals surface area contributed by atoms with Gasteiger partial charge in [-0.3, -0.25) is 9.69 Å². The number of piperazine rings is 1. The van der Waals surface area contributed by atoms with Crippen LogP contribution in [0.15, 0.2) is 35.0 Å². The molecule has 2 fully saturated rings. The molecule has 7 nitrogen and oxygen atoms in total. The molecule has 0 aromatic carbocycles. The van der Waals surface area contributed by atoms with Crippen LogP contribution < -0.4 is 4.90 Å². The SMILES string of the molecule is C[C@@H](c1ccc(C(=O)N2CCN(c3ncccn3)CC2)o1)N1CCCCC1. The van der Waals surface area contributed by atoms with E-state index in [1.165, 1.54) is 19.3 Å². The molecule has 2 aromatic heterocycles. The number of likely N-dealkylation sites (tertiary alicyclic amines) is 1. The number of amides is 1. The van der Waals surface area contributed by atoms with Crippen LogP contribution in [0.3, 0.4) is 0 Å². The highest BCUT2D eigenvalue weighted by atomic mass is 16.4. The Labute approximate surface area is 160 Å². The Balaban J connectivity index is 1.36.